The van der Waals surface area contributed by atoms with Crippen LogP contribution >= 0.6 is 0 Å². The van der Waals surface area contributed by atoms with Crippen molar-refractivity contribution in [1.29, 1.82) is 0 Å². The monoisotopic (exact) mass is 321 g/mol. The molecule has 5 nitrogen and oxygen atoms in total. The van der Waals surface area contributed by atoms with Gasteiger partial charge in [-0.15, -0.1) is 0 Å². The van der Waals surface area contributed by atoms with E-state index in [-0.39, 0.29) is 5.82 Å². The van der Waals surface area contributed by atoms with Gasteiger partial charge in [0.05, 0.1) is 5.69 Å². The molecule has 1 saturated heterocycles. The Balaban J connectivity index is 1.84. The van der Waals surface area contributed by atoms with Gasteiger partial charge in [0, 0.05) is 46.3 Å². The van der Waals surface area contributed by atoms with Crippen LogP contribution < -0.4 is 10.2 Å². The number of aliphatic imine (C=N–C) groups is 1. The van der Waals surface area contributed by atoms with Crippen LogP contribution in [0.4, 0.5) is 10.1 Å². The van der Waals surface area contributed by atoms with E-state index in [9.17, 15) is 4.39 Å². The number of anilines is 1. The zero-order valence-corrected chi connectivity index (χ0v) is 14.4. The summed E-state index contributed by atoms with van der Waals surface area (Å²) in [5, 5.41) is 3.41. The molecular formula is C17H28FN5. The number of halogens is 1. The minimum absolute atomic E-state index is 0.147. The van der Waals surface area contributed by atoms with Crippen molar-refractivity contribution >= 4 is 11.6 Å². The second-order valence-corrected chi connectivity index (χ2v) is 5.80. The minimum Gasteiger partial charge on any atom is -0.366 e. The van der Waals surface area contributed by atoms with Crippen molar-refractivity contribution in [1.82, 2.24) is 15.1 Å². The third-order valence-corrected chi connectivity index (χ3v) is 4.30. The van der Waals surface area contributed by atoms with Crippen LogP contribution in [0.2, 0.25) is 0 Å². The van der Waals surface area contributed by atoms with E-state index in [2.05, 4.69) is 39.0 Å². The predicted octanol–water partition coefficient (Wildman–Crippen LogP) is 1.47. The van der Waals surface area contributed by atoms with Gasteiger partial charge in [0.1, 0.15) is 5.82 Å². The van der Waals surface area contributed by atoms with Gasteiger partial charge in [-0.3, -0.25) is 4.99 Å². The first-order valence-corrected chi connectivity index (χ1v) is 8.29. The normalized spacial score (nSPS) is 16.1. The zero-order chi connectivity index (χ0) is 16.7. The highest BCUT2D eigenvalue weighted by Gasteiger charge is 2.21. The van der Waals surface area contributed by atoms with Gasteiger partial charge in [0.2, 0.25) is 0 Å². The number of guanidine groups is 1. The predicted molar refractivity (Wildman–Crippen MR) is 94.7 cm³/mol. The molecule has 1 heterocycles. The number of nitrogens with zero attached hydrogens (tertiary/aromatic N) is 4. The number of nitrogens with one attached hydrogen (secondary N) is 1. The van der Waals surface area contributed by atoms with E-state index in [0.29, 0.717) is 5.69 Å². The Hall–Kier alpha value is -1.82. The molecule has 1 aliphatic heterocycles. The van der Waals surface area contributed by atoms with Gasteiger partial charge in [0.15, 0.2) is 5.96 Å². The molecule has 0 amide bonds. The Morgan fingerprint density at radius 1 is 1.26 bits per heavy atom. The summed E-state index contributed by atoms with van der Waals surface area (Å²) in [4.78, 5) is 11.0. The fraction of sp³-hybridized carbons (Fsp3) is 0.588. The van der Waals surface area contributed by atoms with Crippen LogP contribution in [0.5, 0.6) is 0 Å². The molecule has 1 aromatic carbocycles. The lowest BCUT2D eigenvalue weighted by atomic mass is 10.2. The van der Waals surface area contributed by atoms with Crippen LogP contribution in [-0.4, -0.2) is 75.7 Å². The Morgan fingerprint density at radius 2 is 1.96 bits per heavy atom. The molecule has 128 valence electrons. The SMILES string of the molecule is CCN(C)CCNC(=NC)N1CCN(c2ccccc2F)CC1. The number of hydrogen-bond acceptors (Lipinski definition) is 3. The van der Waals surface area contributed by atoms with E-state index >= 15 is 0 Å². The van der Waals surface area contributed by atoms with Crippen LogP contribution in [0.15, 0.2) is 29.3 Å². The lowest BCUT2D eigenvalue weighted by Gasteiger charge is -2.37. The molecule has 0 spiro atoms. The van der Waals surface area contributed by atoms with E-state index in [1.807, 2.05) is 19.2 Å². The van der Waals surface area contributed by atoms with Crippen molar-refractivity contribution in [3.63, 3.8) is 0 Å². The van der Waals surface area contributed by atoms with Gasteiger partial charge in [-0.1, -0.05) is 19.1 Å². The minimum atomic E-state index is -0.147. The topological polar surface area (TPSA) is 34.1 Å². The lowest BCUT2D eigenvalue weighted by molar-refractivity contribution is 0.343. The molecule has 6 heteroatoms. The molecule has 0 atom stereocenters. The fourth-order valence-electron chi connectivity index (χ4n) is 2.72. The third-order valence-electron chi connectivity index (χ3n) is 4.30. The van der Waals surface area contributed by atoms with E-state index in [0.717, 1.165) is 51.8 Å². The van der Waals surface area contributed by atoms with Crippen molar-refractivity contribution in [2.75, 3.05) is 64.8 Å². The van der Waals surface area contributed by atoms with Crippen LogP contribution in [0, 0.1) is 5.82 Å². The maximum Gasteiger partial charge on any atom is 0.193 e. The van der Waals surface area contributed by atoms with Gasteiger partial charge in [-0.2, -0.15) is 0 Å². The molecule has 0 unspecified atom stereocenters. The molecular weight excluding hydrogens is 293 g/mol. The third kappa shape index (κ3) is 4.82. The summed E-state index contributed by atoms with van der Waals surface area (Å²) in [5.74, 6) is 0.786. The molecule has 1 aliphatic rings. The lowest BCUT2D eigenvalue weighted by Crippen LogP contribution is -2.53. The average Bonchev–Trinajstić information content (AvgIpc) is 2.59. The van der Waals surface area contributed by atoms with Crippen molar-refractivity contribution in [2.24, 2.45) is 4.99 Å². The standard InChI is InChI=1S/C17H28FN5/c1-4-21(3)10-9-20-17(19-2)23-13-11-22(12-14-23)16-8-6-5-7-15(16)18/h5-8H,4,9-14H2,1-3H3,(H,19,20). The first-order chi connectivity index (χ1) is 11.2. The van der Waals surface area contributed by atoms with Gasteiger partial charge in [-0.05, 0) is 25.7 Å². The Morgan fingerprint density at radius 3 is 2.57 bits per heavy atom. The number of likely N-dealkylation sites (N-methyl/N-ethyl adjacent to an activating group) is 1. The summed E-state index contributed by atoms with van der Waals surface area (Å²) in [6, 6.07) is 6.98. The van der Waals surface area contributed by atoms with Gasteiger partial charge >= 0.3 is 0 Å². The molecule has 1 aromatic rings. The summed E-state index contributed by atoms with van der Waals surface area (Å²) >= 11 is 0. The number of piperazine rings is 1. The number of hydrogen-bond donors (Lipinski definition) is 1. The molecule has 23 heavy (non-hydrogen) atoms. The first-order valence-electron chi connectivity index (χ1n) is 8.29. The summed E-state index contributed by atoms with van der Waals surface area (Å²) in [6.07, 6.45) is 0. The summed E-state index contributed by atoms with van der Waals surface area (Å²) in [6.45, 7) is 8.36. The molecule has 0 bridgehead atoms. The quantitative estimate of drug-likeness (QED) is 0.658. The second kappa shape index (κ2) is 8.72. The maximum absolute atomic E-state index is 13.9. The largest absolute Gasteiger partial charge is 0.366 e. The smallest absolute Gasteiger partial charge is 0.193 e. The molecule has 0 radical (unpaired) electrons. The Kier molecular flexibility index (Phi) is 6.65. The van der Waals surface area contributed by atoms with E-state index in [1.165, 1.54) is 6.07 Å². The first kappa shape index (κ1) is 17.5. The number of benzene rings is 1. The van der Waals surface area contributed by atoms with Crippen molar-refractivity contribution < 1.29 is 4.39 Å². The second-order valence-electron chi connectivity index (χ2n) is 5.80. The molecule has 0 aliphatic carbocycles. The molecule has 2 rings (SSSR count). The highest BCUT2D eigenvalue weighted by atomic mass is 19.1. The molecule has 0 saturated carbocycles. The Bertz CT molecular complexity index is 511. The Labute approximate surface area is 138 Å². The van der Waals surface area contributed by atoms with E-state index < -0.39 is 0 Å². The summed E-state index contributed by atoms with van der Waals surface area (Å²) in [7, 11) is 3.92. The van der Waals surface area contributed by atoms with Crippen LogP contribution in [-0.2, 0) is 0 Å². The van der Waals surface area contributed by atoms with Gasteiger partial charge in [0.25, 0.3) is 0 Å². The van der Waals surface area contributed by atoms with Crippen molar-refractivity contribution in [3.05, 3.63) is 30.1 Å². The van der Waals surface area contributed by atoms with Crippen LogP contribution in [0.25, 0.3) is 0 Å². The molecule has 1 N–H and O–H groups in total. The number of rotatable bonds is 5. The average molecular weight is 321 g/mol. The highest BCUT2D eigenvalue weighted by Crippen LogP contribution is 2.20. The van der Waals surface area contributed by atoms with Gasteiger partial charge < -0.3 is 20.0 Å². The van der Waals surface area contributed by atoms with Gasteiger partial charge in [-0.25, -0.2) is 4.39 Å². The van der Waals surface area contributed by atoms with E-state index in [4.69, 9.17) is 0 Å². The maximum atomic E-state index is 13.9. The van der Waals surface area contributed by atoms with Crippen molar-refractivity contribution in [2.45, 2.75) is 6.92 Å². The highest BCUT2D eigenvalue weighted by molar-refractivity contribution is 5.80. The van der Waals surface area contributed by atoms with Crippen LogP contribution in [0.1, 0.15) is 6.92 Å². The summed E-state index contributed by atoms with van der Waals surface area (Å²) in [5.41, 5.74) is 0.694. The number of para-hydroxylation sites is 1. The zero-order valence-electron chi connectivity index (χ0n) is 14.4. The fourth-order valence-corrected chi connectivity index (χ4v) is 2.72. The molecule has 0 aromatic heterocycles. The summed E-state index contributed by atoms with van der Waals surface area (Å²) < 4.78 is 13.9. The van der Waals surface area contributed by atoms with E-state index in [1.54, 1.807) is 6.07 Å². The molecule has 1 fully saturated rings. The van der Waals surface area contributed by atoms with Crippen LogP contribution in [0.3, 0.4) is 0 Å². The van der Waals surface area contributed by atoms with Crippen molar-refractivity contribution in [3.8, 4) is 0 Å².